The quantitative estimate of drug-likeness (QED) is 0.161. The normalized spacial score (nSPS) is 11.7. The molecule has 272 valence electrons. The van der Waals surface area contributed by atoms with Gasteiger partial charge in [-0.25, -0.2) is 9.97 Å². The first-order valence-corrected chi connectivity index (χ1v) is 21.5. The van der Waals surface area contributed by atoms with Crippen LogP contribution in [0.5, 0.6) is 0 Å². The largest absolute Gasteiger partial charge is 0.243 e. The minimum absolute atomic E-state index is 0.0964. The molecule has 0 radical (unpaired) electrons. The van der Waals surface area contributed by atoms with Crippen molar-refractivity contribution in [3.8, 4) is 67.7 Å². The standard InChI is InChI=1S/C45H22N8S5/c1-25-7-9-27(10-8-25)41-40(26-5-3-2-4-6-26)50-42-38(36-17-13-32(56-36)19-30-11-15-34(54-30)28(21-46)22-47)44-45(53-58-52-44)39(43(42)51-41)37-18-14-33(57-37)20-31-12-16-35(55-31)29(23-48)24-49/h2-20H,1H3/b30-19-,31-20-. The van der Waals surface area contributed by atoms with Crippen LogP contribution in [0, 0.1) is 52.2 Å². The van der Waals surface area contributed by atoms with Crippen molar-refractivity contribution in [2.75, 3.05) is 0 Å². The van der Waals surface area contributed by atoms with Crippen LogP contribution in [0.25, 0.3) is 88.8 Å². The number of nitriles is 4. The molecule has 0 aliphatic carbocycles. The molecule has 0 atom stereocenters. The van der Waals surface area contributed by atoms with E-state index in [1.54, 1.807) is 34.8 Å². The molecule has 0 saturated heterocycles. The average Bonchev–Trinajstić information content (AvgIpc) is 4.12. The van der Waals surface area contributed by atoms with Gasteiger partial charge in [-0.15, -0.1) is 45.3 Å². The second-order valence-electron chi connectivity index (χ2n) is 12.9. The molecule has 0 fully saturated rings. The minimum atomic E-state index is 0.0964. The summed E-state index contributed by atoms with van der Waals surface area (Å²) in [4.78, 5) is 15.0. The number of thiophene rings is 4. The van der Waals surface area contributed by atoms with Gasteiger partial charge in [0.15, 0.2) is 0 Å². The molecule has 0 bridgehead atoms. The summed E-state index contributed by atoms with van der Waals surface area (Å²) in [5.41, 5.74) is 9.30. The first-order valence-electron chi connectivity index (χ1n) is 17.5. The second kappa shape index (κ2) is 15.5. The van der Waals surface area contributed by atoms with Gasteiger partial charge in [0, 0.05) is 50.8 Å². The first kappa shape index (κ1) is 36.7. The highest BCUT2D eigenvalue weighted by Gasteiger charge is 2.26. The van der Waals surface area contributed by atoms with E-state index in [2.05, 4.69) is 79.7 Å². The van der Waals surface area contributed by atoms with E-state index in [9.17, 15) is 21.0 Å². The van der Waals surface area contributed by atoms with Gasteiger partial charge in [0.25, 0.3) is 0 Å². The van der Waals surface area contributed by atoms with Crippen LogP contribution in [0.3, 0.4) is 0 Å². The summed E-state index contributed by atoms with van der Waals surface area (Å²) in [5, 5.41) is 37.5. The zero-order valence-electron chi connectivity index (χ0n) is 30.1. The fraction of sp³-hybridized carbons (Fsp3) is 0.0222. The third-order valence-electron chi connectivity index (χ3n) is 9.21. The van der Waals surface area contributed by atoms with Gasteiger partial charge in [-0.3, -0.25) is 0 Å². The Kier molecular flexibility index (Phi) is 9.83. The lowest BCUT2D eigenvalue weighted by atomic mass is 9.99. The Morgan fingerprint density at radius 3 is 1.43 bits per heavy atom. The zero-order valence-corrected chi connectivity index (χ0v) is 34.2. The van der Waals surface area contributed by atoms with Crippen molar-refractivity contribution in [1.29, 1.82) is 21.0 Å². The molecule has 13 heteroatoms. The van der Waals surface area contributed by atoms with Gasteiger partial charge < -0.3 is 0 Å². The van der Waals surface area contributed by atoms with Crippen LogP contribution < -0.4 is 18.1 Å². The lowest BCUT2D eigenvalue weighted by Gasteiger charge is -2.15. The van der Waals surface area contributed by atoms with Crippen LogP contribution in [0.4, 0.5) is 0 Å². The van der Waals surface area contributed by atoms with E-state index in [-0.39, 0.29) is 11.1 Å². The maximum absolute atomic E-state index is 9.38. The van der Waals surface area contributed by atoms with Crippen molar-refractivity contribution in [1.82, 2.24) is 18.7 Å². The number of hydrogen-bond acceptors (Lipinski definition) is 13. The third kappa shape index (κ3) is 6.80. The predicted octanol–water partition coefficient (Wildman–Crippen LogP) is 8.91. The Bertz CT molecular complexity index is 3490. The highest BCUT2D eigenvalue weighted by Crippen LogP contribution is 2.46. The predicted molar refractivity (Wildman–Crippen MR) is 236 cm³/mol. The van der Waals surface area contributed by atoms with Crippen LogP contribution in [0.15, 0.2) is 103 Å². The van der Waals surface area contributed by atoms with Gasteiger partial charge in [0.1, 0.15) is 57.5 Å². The molecule has 0 amide bonds. The highest BCUT2D eigenvalue weighted by atomic mass is 32.1. The Morgan fingerprint density at radius 2 is 0.966 bits per heavy atom. The summed E-state index contributed by atoms with van der Waals surface area (Å²) in [7, 11) is 0. The van der Waals surface area contributed by atoms with E-state index in [1.807, 2.05) is 54.6 Å². The highest BCUT2D eigenvalue weighted by molar-refractivity contribution is 7.17. The van der Waals surface area contributed by atoms with Crippen molar-refractivity contribution in [2.45, 2.75) is 6.92 Å². The number of aromatic nitrogens is 4. The minimum Gasteiger partial charge on any atom is -0.243 e. The Morgan fingerprint density at radius 1 is 0.500 bits per heavy atom. The summed E-state index contributed by atoms with van der Waals surface area (Å²) in [6.07, 6.45) is 4.11. The summed E-state index contributed by atoms with van der Waals surface area (Å²) < 4.78 is 13.0. The molecule has 58 heavy (non-hydrogen) atoms. The van der Waals surface area contributed by atoms with Crippen LogP contribution in [0.1, 0.15) is 15.3 Å². The summed E-state index contributed by atoms with van der Waals surface area (Å²) >= 11 is 7.16. The molecule has 3 aromatic carbocycles. The average molecular weight is 835 g/mol. The van der Waals surface area contributed by atoms with Crippen molar-refractivity contribution < 1.29 is 0 Å². The fourth-order valence-electron chi connectivity index (χ4n) is 6.51. The monoisotopic (exact) mass is 834 g/mol. The first-order chi connectivity index (χ1) is 28.4. The van der Waals surface area contributed by atoms with Crippen LogP contribution in [-0.2, 0) is 0 Å². The number of hydrogen-bond donors (Lipinski definition) is 0. The van der Waals surface area contributed by atoms with Crippen molar-refractivity contribution >= 4 is 102 Å². The second-order valence-corrected chi connectivity index (χ2v) is 17.8. The van der Waals surface area contributed by atoms with E-state index in [0.717, 1.165) is 90.5 Å². The molecule has 0 aliphatic heterocycles. The topological polar surface area (TPSA) is 147 Å². The van der Waals surface area contributed by atoms with Crippen LogP contribution in [-0.4, -0.2) is 18.7 Å². The van der Waals surface area contributed by atoms with Gasteiger partial charge in [0.05, 0.1) is 32.2 Å². The fourth-order valence-corrected chi connectivity index (χ4v) is 11.0. The number of fused-ring (bicyclic) bond motifs is 2. The van der Waals surface area contributed by atoms with E-state index in [4.69, 9.17) is 18.7 Å². The summed E-state index contributed by atoms with van der Waals surface area (Å²) in [5.74, 6) is 0. The Labute approximate surface area is 351 Å². The molecule has 6 aromatic heterocycles. The van der Waals surface area contributed by atoms with Gasteiger partial charge >= 0.3 is 0 Å². The smallest absolute Gasteiger partial charge is 0.146 e. The van der Waals surface area contributed by atoms with E-state index in [1.165, 1.54) is 22.7 Å². The maximum Gasteiger partial charge on any atom is 0.146 e. The third-order valence-corrected chi connectivity index (χ3v) is 13.9. The molecule has 0 N–H and O–H groups in total. The number of rotatable bonds is 6. The lowest BCUT2D eigenvalue weighted by Crippen LogP contribution is -1.99. The van der Waals surface area contributed by atoms with Gasteiger partial charge in [-0.2, -0.15) is 29.8 Å². The molecular formula is C45H22N8S5. The molecule has 8 nitrogen and oxygen atoms in total. The molecular weight excluding hydrogens is 813 g/mol. The molecule has 9 aromatic rings. The van der Waals surface area contributed by atoms with Crippen LogP contribution >= 0.6 is 57.1 Å². The summed E-state index contributed by atoms with van der Waals surface area (Å²) in [6.45, 7) is 2.06. The molecule has 6 heterocycles. The number of benzene rings is 3. The van der Waals surface area contributed by atoms with Gasteiger partial charge in [-0.05, 0) is 67.6 Å². The van der Waals surface area contributed by atoms with Gasteiger partial charge in [-0.1, -0.05) is 60.2 Å². The lowest BCUT2D eigenvalue weighted by molar-refractivity contribution is 1.29. The van der Waals surface area contributed by atoms with E-state index >= 15 is 0 Å². The van der Waals surface area contributed by atoms with Crippen LogP contribution in [0.2, 0.25) is 0 Å². The molecule has 0 spiro atoms. The van der Waals surface area contributed by atoms with Gasteiger partial charge in [0.2, 0.25) is 0 Å². The van der Waals surface area contributed by atoms with E-state index < -0.39 is 0 Å². The molecule has 0 aliphatic rings. The number of nitrogens with zero attached hydrogens (tertiary/aromatic N) is 8. The SMILES string of the molecule is Cc1ccc(-c2nc3c(-c4ccc(/C=c5/ccc(=C(C#N)C#N)s5)s4)c4nsnc4c(-c4ccc(/C=c5/ccc(=C(C#N)C#N)s5)s4)c3nc2-c2ccccc2)cc1. The molecule has 0 saturated carbocycles. The van der Waals surface area contributed by atoms with Crippen molar-refractivity contribution in [3.63, 3.8) is 0 Å². The zero-order chi connectivity index (χ0) is 39.8. The van der Waals surface area contributed by atoms with Crippen molar-refractivity contribution in [3.05, 3.63) is 137 Å². The molecule has 9 rings (SSSR count). The maximum atomic E-state index is 9.38. The van der Waals surface area contributed by atoms with Crippen molar-refractivity contribution in [2.24, 2.45) is 0 Å². The Hall–Kier alpha value is -6.94. The molecule has 0 unspecified atom stereocenters. The van der Waals surface area contributed by atoms with E-state index in [0.29, 0.717) is 20.1 Å². The Balaban J connectivity index is 1.31. The summed E-state index contributed by atoms with van der Waals surface area (Å²) in [6, 6.07) is 42.1. The number of aryl methyl sites for hydroxylation is 1.